The summed E-state index contributed by atoms with van der Waals surface area (Å²) in [6, 6.07) is 1.70. The van der Waals surface area contributed by atoms with Crippen molar-refractivity contribution in [2.45, 2.75) is 0 Å². The van der Waals surface area contributed by atoms with Gasteiger partial charge in [-0.05, 0) is 6.07 Å². The molecule has 2 rings (SSSR count). The van der Waals surface area contributed by atoms with Crippen molar-refractivity contribution in [2.75, 3.05) is 19.7 Å². The highest BCUT2D eigenvalue weighted by Gasteiger charge is 2.31. The van der Waals surface area contributed by atoms with Crippen LogP contribution in [-0.4, -0.2) is 45.4 Å². The molecule has 0 aromatic carbocycles. The monoisotopic (exact) mass is 195 g/mol. The van der Waals surface area contributed by atoms with Gasteiger partial charge in [-0.25, -0.2) is 0 Å². The second-order valence-electron chi connectivity index (χ2n) is 3.60. The van der Waals surface area contributed by atoms with Crippen LogP contribution in [0.1, 0.15) is 10.5 Å². The van der Waals surface area contributed by atoms with Gasteiger partial charge in [0.15, 0.2) is 0 Å². The first-order chi connectivity index (χ1) is 6.72. The smallest absolute Gasteiger partial charge is 0.272 e. The van der Waals surface area contributed by atoms with Crippen molar-refractivity contribution in [1.29, 1.82) is 0 Å². The summed E-state index contributed by atoms with van der Waals surface area (Å²) in [5.74, 6) is 0.252. The summed E-state index contributed by atoms with van der Waals surface area (Å²) in [7, 11) is 1.75. The number of carbonyl (C=O) groups is 1. The molecule has 5 heteroatoms. The summed E-state index contributed by atoms with van der Waals surface area (Å²) >= 11 is 0. The van der Waals surface area contributed by atoms with Crippen LogP contribution in [0.25, 0.3) is 0 Å². The number of aliphatic hydroxyl groups is 1. The number of amides is 1. The third kappa shape index (κ3) is 1.39. The Morgan fingerprint density at radius 1 is 1.71 bits per heavy atom. The molecule has 5 nitrogen and oxygen atoms in total. The second-order valence-corrected chi connectivity index (χ2v) is 3.60. The normalized spacial score (nSPS) is 16.9. The molecule has 1 aromatic heterocycles. The Hall–Kier alpha value is -1.36. The Kier molecular flexibility index (Phi) is 2.25. The van der Waals surface area contributed by atoms with E-state index in [-0.39, 0.29) is 18.4 Å². The highest BCUT2D eigenvalue weighted by molar-refractivity contribution is 5.93. The number of hydrogen-bond donors (Lipinski definition) is 1. The Balaban J connectivity index is 2.01. The average Bonchev–Trinajstić information content (AvgIpc) is 2.49. The van der Waals surface area contributed by atoms with Crippen LogP contribution in [0.2, 0.25) is 0 Å². The summed E-state index contributed by atoms with van der Waals surface area (Å²) in [6.45, 7) is 1.47. The molecule has 0 spiro atoms. The van der Waals surface area contributed by atoms with Crippen LogP contribution >= 0.6 is 0 Å². The predicted molar refractivity (Wildman–Crippen MR) is 49.7 cm³/mol. The van der Waals surface area contributed by atoms with Crippen LogP contribution in [-0.2, 0) is 7.05 Å². The molecule has 1 fully saturated rings. The molecule has 0 bridgehead atoms. The lowest BCUT2D eigenvalue weighted by Crippen LogP contribution is -2.51. The Morgan fingerprint density at radius 2 is 2.43 bits per heavy atom. The maximum atomic E-state index is 11.8. The zero-order valence-corrected chi connectivity index (χ0v) is 8.05. The van der Waals surface area contributed by atoms with Gasteiger partial charge in [0.25, 0.3) is 5.91 Å². The first kappa shape index (κ1) is 9.21. The van der Waals surface area contributed by atoms with Crippen molar-refractivity contribution in [1.82, 2.24) is 14.7 Å². The van der Waals surface area contributed by atoms with Gasteiger partial charge >= 0.3 is 0 Å². The topological polar surface area (TPSA) is 58.4 Å². The molecule has 0 unspecified atom stereocenters. The SMILES string of the molecule is Cn1nccc1C(=O)N1CC(CO)C1. The molecule has 1 aliphatic rings. The van der Waals surface area contributed by atoms with Crippen LogP contribution in [0.3, 0.4) is 0 Å². The number of aryl methyl sites for hydroxylation is 1. The van der Waals surface area contributed by atoms with E-state index >= 15 is 0 Å². The Labute approximate surface area is 81.9 Å². The van der Waals surface area contributed by atoms with Gasteiger partial charge in [-0.2, -0.15) is 5.10 Å². The Bertz CT molecular complexity index is 342. The van der Waals surface area contributed by atoms with E-state index in [0.717, 1.165) is 0 Å². The predicted octanol–water partition coefficient (Wildman–Crippen LogP) is -0.516. The number of nitrogens with zero attached hydrogens (tertiary/aromatic N) is 3. The average molecular weight is 195 g/mol. The van der Waals surface area contributed by atoms with Gasteiger partial charge in [-0.3, -0.25) is 9.48 Å². The van der Waals surface area contributed by atoms with Gasteiger partial charge in [0, 0.05) is 38.9 Å². The molecule has 0 atom stereocenters. The van der Waals surface area contributed by atoms with E-state index in [1.54, 1.807) is 28.9 Å². The molecule has 76 valence electrons. The van der Waals surface area contributed by atoms with Gasteiger partial charge < -0.3 is 10.0 Å². The third-order valence-electron chi connectivity index (χ3n) is 2.54. The molecular formula is C9H13N3O2. The van der Waals surface area contributed by atoms with E-state index < -0.39 is 0 Å². The minimum atomic E-state index is -0.00491. The van der Waals surface area contributed by atoms with E-state index in [9.17, 15) is 4.79 Å². The fourth-order valence-corrected chi connectivity index (χ4v) is 1.60. The first-order valence-corrected chi connectivity index (χ1v) is 4.60. The van der Waals surface area contributed by atoms with Crippen LogP contribution in [0, 0.1) is 5.92 Å². The van der Waals surface area contributed by atoms with Crippen molar-refractivity contribution in [2.24, 2.45) is 13.0 Å². The fourth-order valence-electron chi connectivity index (χ4n) is 1.60. The minimum Gasteiger partial charge on any atom is -0.396 e. The summed E-state index contributed by atoms with van der Waals surface area (Å²) in [4.78, 5) is 13.5. The number of carbonyl (C=O) groups excluding carboxylic acids is 1. The lowest BCUT2D eigenvalue weighted by atomic mass is 10.0. The highest BCUT2D eigenvalue weighted by Crippen LogP contribution is 2.17. The number of aliphatic hydroxyl groups excluding tert-OH is 1. The molecular weight excluding hydrogens is 182 g/mol. The lowest BCUT2D eigenvalue weighted by molar-refractivity contribution is 0.0352. The molecule has 0 saturated carbocycles. The largest absolute Gasteiger partial charge is 0.396 e. The van der Waals surface area contributed by atoms with Crippen LogP contribution in [0.5, 0.6) is 0 Å². The van der Waals surface area contributed by atoms with Crippen molar-refractivity contribution in [3.05, 3.63) is 18.0 Å². The number of rotatable bonds is 2. The summed E-state index contributed by atoms with van der Waals surface area (Å²) in [5.41, 5.74) is 0.599. The van der Waals surface area contributed by atoms with Crippen molar-refractivity contribution < 1.29 is 9.90 Å². The molecule has 0 radical (unpaired) electrons. The first-order valence-electron chi connectivity index (χ1n) is 4.60. The number of likely N-dealkylation sites (tertiary alicyclic amines) is 1. The van der Waals surface area contributed by atoms with Crippen LogP contribution in [0.15, 0.2) is 12.3 Å². The zero-order chi connectivity index (χ0) is 10.1. The molecule has 0 aliphatic carbocycles. The van der Waals surface area contributed by atoms with E-state index in [4.69, 9.17) is 5.11 Å². The Morgan fingerprint density at radius 3 is 2.93 bits per heavy atom. The quantitative estimate of drug-likeness (QED) is 0.691. The summed E-state index contributed by atoms with van der Waals surface area (Å²) < 4.78 is 1.56. The maximum Gasteiger partial charge on any atom is 0.272 e. The third-order valence-corrected chi connectivity index (χ3v) is 2.54. The molecule has 1 amide bonds. The van der Waals surface area contributed by atoms with Crippen molar-refractivity contribution in [3.8, 4) is 0 Å². The molecule has 2 heterocycles. The molecule has 1 aliphatic heterocycles. The van der Waals surface area contributed by atoms with E-state index in [2.05, 4.69) is 5.10 Å². The standard InChI is InChI=1S/C9H13N3O2/c1-11-8(2-3-10-11)9(14)12-4-7(5-12)6-13/h2-3,7,13H,4-6H2,1H3. The number of aromatic nitrogens is 2. The zero-order valence-electron chi connectivity index (χ0n) is 8.05. The number of hydrogen-bond acceptors (Lipinski definition) is 3. The van der Waals surface area contributed by atoms with Gasteiger partial charge in [0.05, 0.1) is 0 Å². The summed E-state index contributed by atoms with van der Waals surface area (Å²) in [6.07, 6.45) is 1.61. The molecule has 1 aromatic rings. The second kappa shape index (κ2) is 3.42. The fraction of sp³-hybridized carbons (Fsp3) is 0.556. The van der Waals surface area contributed by atoms with E-state index in [0.29, 0.717) is 18.8 Å². The highest BCUT2D eigenvalue weighted by atomic mass is 16.3. The van der Waals surface area contributed by atoms with Crippen molar-refractivity contribution in [3.63, 3.8) is 0 Å². The van der Waals surface area contributed by atoms with E-state index in [1.807, 2.05) is 0 Å². The lowest BCUT2D eigenvalue weighted by Gasteiger charge is -2.38. The van der Waals surface area contributed by atoms with E-state index in [1.165, 1.54) is 0 Å². The van der Waals surface area contributed by atoms with Crippen molar-refractivity contribution >= 4 is 5.91 Å². The summed E-state index contributed by atoms with van der Waals surface area (Å²) in [5, 5.41) is 12.8. The molecule has 14 heavy (non-hydrogen) atoms. The van der Waals surface area contributed by atoms with Crippen LogP contribution in [0.4, 0.5) is 0 Å². The van der Waals surface area contributed by atoms with Gasteiger partial charge in [0.2, 0.25) is 0 Å². The van der Waals surface area contributed by atoms with Crippen LogP contribution < -0.4 is 0 Å². The molecule has 1 saturated heterocycles. The minimum absolute atomic E-state index is 0.00491. The molecule has 1 N–H and O–H groups in total. The van der Waals surface area contributed by atoms with Gasteiger partial charge in [0.1, 0.15) is 5.69 Å². The van der Waals surface area contributed by atoms with Gasteiger partial charge in [-0.15, -0.1) is 0 Å². The van der Waals surface area contributed by atoms with Gasteiger partial charge in [-0.1, -0.05) is 0 Å². The maximum absolute atomic E-state index is 11.8.